The van der Waals surface area contributed by atoms with Gasteiger partial charge in [0.2, 0.25) is 5.91 Å². The van der Waals surface area contributed by atoms with Gasteiger partial charge in [-0.1, -0.05) is 19.9 Å². The molecule has 178 valence electrons. The molecular formula is C23H26F3N3O4. The number of benzene rings is 1. The van der Waals surface area contributed by atoms with Gasteiger partial charge in [0.05, 0.1) is 24.9 Å². The lowest BCUT2D eigenvalue weighted by molar-refractivity contribution is -0.139. The maximum Gasteiger partial charge on any atom is 0.421 e. The molecule has 10 heteroatoms. The van der Waals surface area contributed by atoms with Crippen molar-refractivity contribution in [2.24, 2.45) is 5.92 Å². The Morgan fingerprint density at radius 3 is 2.52 bits per heavy atom. The first-order chi connectivity index (χ1) is 15.6. The molecule has 1 aromatic heterocycles. The van der Waals surface area contributed by atoms with E-state index in [9.17, 15) is 22.8 Å². The second-order valence-corrected chi connectivity index (χ2v) is 8.76. The van der Waals surface area contributed by atoms with Crippen molar-refractivity contribution in [1.29, 1.82) is 0 Å². The van der Waals surface area contributed by atoms with Gasteiger partial charge in [-0.15, -0.1) is 0 Å². The van der Waals surface area contributed by atoms with Crippen molar-refractivity contribution < 1.29 is 27.4 Å². The molecule has 4 rings (SSSR count). The third-order valence-electron chi connectivity index (χ3n) is 5.70. The smallest absolute Gasteiger partial charge is 0.421 e. The second-order valence-electron chi connectivity index (χ2n) is 8.76. The number of amides is 1. The molecule has 1 unspecified atom stereocenters. The molecule has 2 aliphatic rings. The van der Waals surface area contributed by atoms with E-state index in [1.54, 1.807) is 12.1 Å². The standard InChI is InChI=1S/C23H26F3N3O4/c1-13(2)21(15-6-7-18-19(10-15)33-9-3-8-32-18)27-20(30)12-29-22(31)16(23(24,25)26)11-17(28-29)14-4-5-14/h6-7,10-11,13-14,21H,3-5,8-9,12H2,1-2H3,(H,27,30). The van der Waals surface area contributed by atoms with Gasteiger partial charge in [0.15, 0.2) is 11.5 Å². The Morgan fingerprint density at radius 2 is 1.88 bits per heavy atom. The Hall–Kier alpha value is -3.04. The molecule has 1 atom stereocenters. The molecule has 0 saturated heterocycles. The maximum atomic E-state index is 13.4. The first kappa shape index (κ1) is 23.1. The summed E-state index contributed by atoms with van der Waals surface area (Å²) >= 11 is 0. The van der Waals surface area contributed by atoms with Crippen LogP contribution in [0.25, 0.3) is 0 Å². The van der Waals surface area contributed by atoms with Crippen molar-refractivity contribution in [2.45, 2.75) is 57.8 Å². The van der Waals surface area contributed by atoms with Crippen molar-refractivity contribution in [2.75, 3.05) is 13.2 Å². The SMILES string of the molecule is CC(C)C(NC(=O)Cn1nc(C2CC2)cc(C(F)(F)F)c1=O)c1ccc2c(c1)OCCCO2. The molecule has 0 radical (unpaired) electrons. The fourth-order valence-electron chi connectivity index (χ4n) is 3.81. The topological polar surface area (TPSA) is 82.5 Å². The largest absolute Gasteiger partial charge is 0.490 e. The molecule has 33 heavy (non-hydrogen) atoms. The van der Waals surface area contributed by atoms with E-state index in [2.05, 4.69) is 10.4 Å². The van der Waals surface area contributed by atoms with Gasteiger partial charge in [-0.3, -0.25) is 9.59 Å². The summed E-state index contributed by atoms with van der Waals surface area (Å²) in [6.45, 7) is 4.29. The van der Waals surface area contributed by atoms with Crippen molar-refractivity contribution in [3.05, 3.63) is 51.4 Å². The molecule has 0 bridgehead atoms. The van der Waals surface area contributed by atoms with E-state index < -0.39 is 35.8 Å². The zero-order valence-corrected chi connectivity index (χ0v) is 18.4. The van der Waals surface area contributed by atoms with E-state index in [0.717, 1.165) is 18.1 Å². The first-order valence-corrected chi connectivity index (χ1v) is 11.0. The van der Waals surface area contributed by atoms with Gasteiger partial charge < -0.3 is 14.8 Å². The fourth-order valence-corrected chi connectivity index (χ4v) is 3.81. The highest BCUT2D eigenvalue weighted by Gasteiger charge is 2.38. The minimum Gasteiger partial charge on any atom is -0.490 e. The lowest BCUT2D eigenvalue weighted by atomic mass is 9.95. The van der Waals surface area contributed by atoms with Crippen LogP contribution in [0.5, 0.6) is 11.5 Å². The third kappa shape index (κ3) is 5.31. The zero-order valence-electron chi connectivity index (χ0n) is 18.4. The summed E-state index contributed by atoms with van der Waals surface area (Å²) in [6, 6.07) is 5.75. The average Bonchev–Trinajstić information content (AvgIpc) is 3.59. The van der Waals surface area contributed by atoms with Crippen molar-refractivity contribution >= 4 is 5.91 Å². The van der Waals surface area contributed by atoms with Crippen LogP contribution in [0.1, 0.15) is 61.9 Å². The molecule has 2 aromatic rings. The number of halogens is 3. The van der Waals surface area contributed by atoms with Gasteiger partial charge in [-0.2, -0.15) is 18.3 Å². The van der Waals surface area contributed by atoms with Crippen molar-refractivity contribution in [3.8, 4) is 11.5 Å². The molecule has 1 amide bonds. The highest BCUT2D eigenvalue weighted by molar-refractivity contribution is 5.76. The van der Waals surface area contributed by atoms with Gasteiger partial charge in [0.25, 0.3) is 5.56 Å². The number of ether oxygens (including phenoxy) is 2. The molecule has 1 fully saturated rings. The highest BCUT2D eigenvalue weighted by Crippen LogP contribution is 2.40. The van der Waals surface area contributed by atoms with Gasteiger partial charge in [0, 0.05) is 12.3 Å². The molecule has 1 aliphatic heterocycles. The third-order valence-corrected chi connectivity index (χ3v) is 5.70. The van der Waals surface area contributed by atoms with Crippen LogP contribution < -0.4 is 20.3 Å². The lowest BCUT2D eigenvalue weighted by Crippen LogP contribution is -2.39. The van der Waals surface area contributed by atoms with E-state index in [-0.39, 0.29) is 17.5 Å². The van der Waals surface area contributed by atoms with Gasteiger partial charge >= 0.3 is 6.18 Å². The van der Waals surface area contributed by atoms with E-state index in [4.69, 9.17) is 9.47 Å². The fraction of sp³-hybridized carbons (Fsp3) is 0.522. The monoisotopic (exact) mass is 465 g/mol. The van der Waals surface area contributed by atoms with Gasteiger partial charge in [0.1, 0.15) is 12.1 Å². The normalized spacial score (nSPS) is 16.9. The summed E-state index contributed by atoms with van der Waals surface area (Å²) < 4.78 is 52.1. The van der Waals surface area contributed by atoms with Crippen LogP contribution in [-0.2, 0) is 17.5 Å². The van der Waals surface area contributed by atoms with E-state index in [1.165, 1.54) is 0 Å². The number of hydrogen-bond acceptors (Lipinski definition) is 5. The highest BCUT2D eigenvalue weighted by atomic mass is 19.4. The predicted molar refractivity (Wildman–Crippen MR) is 113 cm³/mol. The van der Waals surface area contributed by atoms with Crippen LogP contribution >= 0.6 is 0 Å². The molecule has 7 nitrogen and oxygen atoms in total. The van der Waals surface area contributed by atoms with Crippen LogP contribution in [0.4, 0.5) is 13.2 Å². The summed E-state index contributed by atoms with van der Waals surface area (Å²) in [5, 5.41) is 6.89. The molecule has 0 spiro atoms. The first-order valence-electron chi connectivity index (χ1n) is 11.0. The zero-order chi connectivity index (χ0) is 23.8. The number of rotatable bonds is 6. The maximum absolute atomic E-state index is 13.4. The Kier molecular flexibility index (Phi) is 6.36. The van der Waals surface area contributed by atoms with Crippen molar-refractivity contribution in [1.82, 2.24) is 15.1 Å². The number of fused-ring (bicyclic) bond motifs is 1. The van der Waals surface area contributed by atoms with Gasteiger partial charge in [-0.25, -0.2) is 4.68 Å². The minimum absolute atomic E-state index is 0.0353. The summed E-state index contributed by atoms with van der Waals surface area (Å²) in [7, 11) is 0. The quantitative estimate of drug-likeness (QED) is 0.702. The Morgan fingerprint density at radius 1 is 1.18 bits per heavy atom. The summed E-state index contributed by atoms with van der Waals surface area (Å²) in [5.41, 5.74) is -1.65. The molecular weight excluding hydrogens is 439 g/mol. The average molecular weight is 465 g/mol. The van der Waals surface area contributed by atoms with Gasteiger partial charge in [-0.05, 0) is 42.5 Å². The number of hydrogen-bond donors (Lipinski definition) is 1. The Balaban J connectivity index is 1.56. The second kappa shape index (κ2) is 9.07. The molecule has 1 saturated carbocycles. The minimum atomic E-state index is -4.81. The molecule has 1 N–H and O–H groups in total. The van der Waals surface area contributed by atoms with Crippen LogP contribution in [0.3, 0.4) is 0 Å². The van der Waals surface area contributed by atoms with Crippen molar-refractivity contribution in [3.63, 3.8) is 0 Å². The Labute approximate surface area is 188 Å². The molecule has 1 aromatic carbocycles. The number of aromatic nitrogens is 2. The number of alkyl halides is 3. The number of nitrogens with one attached hydrogen (secondary N) is 1. The summed E-state index contributed by atoms with van der Waals surface area (Å²) in [5.74, 6) is 0.460. The molecule has 2 heterocycles. The van der Waals surface area contributed by atoms with Crippen LogP contribution in [-0.4, -0.2) is 28.9 Å². The van der Waals surface area contributed by atoms with Crippen LogP contribution in [0, 0.1) is 5.92 Å². The van der Waals surface area contributed by atoms with E-state index >= 15 is 0 Å². The van der Waals surface area contributed by atoms with E-state index in [1.807, 2.05) is 19.9 Å². The van der Waals surface area contributed by atoms with Crippen LogP contribution in [0.2, 0.25) is 0 Å². The number of carbonyl (C=O) groups excluding carboxylic acids is 1. The number of nitrogens with zero attached hydrogens (tertiary/aromatic N) is 2. The summed E-state index contributed by atoms with van der Waals surface area (Å²) in [4.78, 5) is 25.2. The van der Waals surface area contributed by atoms with E-state index in [0.29, 0.717) is 42.2 Å². The van der Waals surface area contributed by atoms with Crippen LogP contribution in [0.15, 0.2) is 29.1 Å². The lowest BCUT2D eigenvalue weighted by Gasteiger charge is -2.24. The molecule has 1 aliphatic carbocycles. The number of carbonyl (C=O) groups is 1. The Bertz CT molecular complexity index is 1090. The summed E-state index contributed by atoms with van der Waals surface area (Å²) in [6.07, 6.45) is -2.62. The predicted octanol–water partition coefficient (Wildman–Crippen LogP) is 3.81.